The second-order valence-electron chi connectivity index (χ2n) is 12.6. The standard InChI is InChI=1S/C25H22F5N7O2.C7H12FN.C3H6/c1-10-8-37(9-12-5-4-6-33-21(12)32)22-15-20(35-24(36-22)38-3)18(27)19(34-23(15)39-10)13-7-14(31)17(26)11(2)16(13)25(28,29)30;8-6-4-7-2-1-3-9(7)5-6;1-3-2/h4-7,10H,8-9,31H2,1-3H3,(H2,32,33);6-7H,1-5H2;3H,1H2,2H3. The maximum atomic E-state index is 16.2. The number of rotatable bonds is 4. The van der Waals surface area contributed by atoms with Crippen LogP contribution in [0.3, 0.4) is 0 Å². The summed E-state index contributed by atoms with van der Waals surface area (Å²) < 4.78 is 96.6. The van der Waals surface area contributed by atoms with Crippen molar-refractivity contribution < 1.29 is 35.8 Å². The lowest BCUT2D eigenvalue weighted by Crippen LogP contribution is -2.33. The molecule has 6 heterocycles. The predicted molar refractivity (Wildman–Crippen MR) is 183 cm³/mol. The quantitative estimate of drug-likeness (QED) is 0.129. The highest BCUT2D eigenvalue weighted by Crippen LogP contribution is 2.45. The smallest absolute Gasteiger partial charge is 0.417 e. The number of ether oxygens (including phenoxy) is 2. The van der Waals surface area contributed by atoms with Crippen LogP contribution in [-0.4, -0.2) is 69.9 Å². The summed E-state index contributed by atoms with van der Waals surface area (Å²) in [6.07, 6.45) is 0.467. The largest absolute Gasteiger partial charge is 0.472 e. The Labute approximate surface area is 291 Å². The van der Waals surface area contributed by atoms with E-state index in [1.54, 1.807) is 30.0 Å². The fourth-order valence-corrected chi connectivity index (χ4v) is 6.64. The van der Waals surface area contributed by atoms with E-state index in [2.05, 4.69) is 31.4 Å². The Morgan fingerprint density at radius 1 is 1.14 bits per heavy atom. The number of nitrogens with zero attached hydrogens (tertiary/aromatic N) is 6. The first-order valence-electron chi connectivity index (χ1n) is 16.4. The monoisotopic (exact) mass is 718 g/mol. The Morgan fingerprint density at radius 2 is 1.86 bits per heavy atom. The minimum absolute atomic E-state index is 0.0178. The van der Waals surface area contributed by atoms with E-state index in [1.165, 1.54) is 26.1 Å². The van der Waals surface area contributed by atoms with Gasteiger partial charge < -0.3 is 25.8 Å². The van der Waals surface area contributed by atoms with E-state index in [0.717, 1.165) is 19.9 Å². The van der Waals surface area contributed by atoms with Crippen LogP contribution < -0.4 is 25.8 Å². The lowest BCUT2D eigenvalue weighted by molar-refractivity contribution is -0.137. The SMILES string of the molecule is C=CC.COc1nc2c3c(nc(-c4cc(N)c(F)c(C)c4C(F)(F)F)c(F)c3n1)OC(C)CN2Cc1cccnc1N.FC1CC2CCCN2C1. The van der Waals surface area contributed by atoms with Gasteiger partial charge in [-0.25, -0.2) is 23.1 Å². The zero-order valence-corrected chi connectivity index (χ0v) is 28.7. The number of methoxy groups -OCH3 is 1. The van der Waals surface area contributed by atoms with Crippen LogP contribution >= 0.6 is 0 Å². The average Bonchev–Trinajstić information content (AvgIpc) is 3.62. The number of nitrogens with two attached hydrogens (primary N) is 2. The third kappa shape index (κ3) is 7.75. The van der Waals surface area contributed by atoms with Crippen molar-refractivity contribution in [3.8, 4) is 23.1 Å². The van der Waals surface area contributed by atoms with Gasteiger partial charge in [0.15, 0.2) is 5.82 Å². The van der Waals surface area contributed by atoms with Gasteiger partial charge in [-0.3, -0.25) is 4.90 Å². The lowest BCUT2D eigenvalue weighted by atomic mass is 9.96. The Bertz CT molecular complexity index is 1900. The molecule has 0 amide bonds. The summed E-state index contributed by atoms with van der Waals surface area (Å²) in [6.45, 7) is 10.1. The van der Waals surface area contributed by atoms with E-state index in [-0.39, 0.29) is 42.0 Å². The number of benzene rings is 1. The van der Waals surface area contributed by atoms with Gasteiger partial charge in [0.25, 0.3) is 0 Å². The molecule has 0 spiro atoms. The number of halogens is 6. The van der Waals surface area contributed by atoms with E-state index < -0.39 is 63.7 Å². The number of alkyl halides is 4. The summed E-state index contributed by atoms with van der Waals surface area (Å²) >= 11 is 0. The summed E-state index contributed by atoms with van der Waals surface area (Å²) in [5.74, 6) is -2.24. The maximum Gasteiger partial charge on any atom is 0.417 e. The van der Waals surface area contributed by atoms with E-state index in [0.29, 0.717) is 24.2 Å². The summed E-state index contributed by atoms with van der Waals surface area (Å²) in [5, 5.41) is 0.0178. The first-order chi connectivity index (χ1) is 24.2. The van der Waals surface area contributed by atoms with Crippen molar-refractivity contribution >= 4 is 28.2 Å². The van der Waals surface area contributed by atoms with Crippen LogP contribution in [-0.2, 0) is 12.7 Å². The van der Waals surface area contributed by atoms with Gasteiger partial charge in [0.1, 0.15) is 46.3 Å². The molecule has 0 saturated carbocycles. The van der Waals surface area contributed by atoms with Gasteiger partial charge in [-0.15, -0.1) is 6.58 Å². The molecule has 4 N–H and O–H groups in total. The van der Waals surface area contributed by atoms with Crippen molar-refractivity contribution in [1.82, 2.24) is 24.8 Å². The van der Waals surface area contributed by atoms with Gasteiger partial charge in [0, 0.05) is 36.5 Å². The molecule has 3 aliphatic rings. The molecule has 10 nitrogen and oxygen atoms in total. The first kappa shape index (κ1) is 37.4. The van der Waals surface area contributed by atoms with Crippen LogP contribution in [0.15, 0.2) is 37.1 Å². The molecule has 7 rings (SSSR count). The molecule has 3 atom stereocenters. The highest BCUT2D eigenvalue weighted by molar-refractivity contribution is 5.97. The van der Waals surface area contributed by atoms with E-state index in [1.807, 2.05) is 6.92 Å². The molecule has 2 fully saturated rings. The Morgan fingerprint density at radius 3 is 2.51 bits per heavy atom. The highest BCUT2D eigenvalue weighted by atomic mass is 19.4. The van der Waals surface area contributed by atoms with Crippen molar-refractivity contribution in [3.63, 3.8) is 0 Å². The van der Waals surface area contributed by atoms with Crippen LogP contribution in [0.25, 0.3) is 22.2 Å². The number of allylic oxidation sites excluding steroid dienone is 1. The van der Waals surface area contributed by atoms with Gasteiger partial charge in [-0.05, 0) is 64.3 Å². The summed E-state index contributed by atoms with van der Waals surface area (Å²) in [6, 6.07) is 4.53. The zero-order valence-electron chi connectivity index (χ0n) is 28.7. The number of pyridine rings is 2. The number of hydrogen-bond donors (Lipinski definition) is 2. The molecule has 274 valence electrons. The van der Waals surface area contributed by atoms with Crippen molar-refractivity contribution in [1.29, 1.82) is 0 Å². The molecule has 16 heteroatoms. The van der Waals surface area contributed by atoms with Gasteiger partial charge in [-0.2, -0.15) is 23.1 Å². The Balaban J connectivity index is 0.000000354. The molecular weight excluding hydrogens is 678 g/mol. The fraction of sp³-hybridized carbons (Fsp3) is 0.429. The highest BCUT2D eigenvalue weighted by Gasteiger charge is 2.40. The molecule has 0 radical (unpaired) electrons. The molecule has 0 aliphatic carbocycles. The predicted octanol–water partition coefficient (Wildman–Crippen LogP) is 7.04. The summed E-state index contributed by atoms with van der Waals surface area (Å²) in [7, 11) is 1.26. The second-order valence-corrected chi connectivity index (χ2v) is 12.6. The minimum atomic E-state index is -5.05. The van der Waals surface area contributed by atoms with E-state index in [4.69, 9.17) is 20.9 Å². The Kier molecular flexibility index (Phi) is 11.1. The van der Waals surface area contributed by atoms with Gasteiger partial charge in [0.05, 0.1) is 24.9 Å². The maximum absolute atomic E-state index is 16.2. The summed E-state index contributed by atoms with van der Waals surface area (Å²) in [5.41, 5.74) is 7.60. The molecule has 3 unspecified atom stereocenters. The lowest BCUT2D eigenvalue weighted by Gasteiger charge is -2.25. The number of anilines is 3. The van der Waals surface area contributed by atoms with E-state index in [9.17, 15) is 22.0 Å². The molecule has 4 aromatic rings. The van der Waals surface area contributed by atoms with Crippen molar-refractivity contribution in [3.05, 3.63) is 65.4 Å². The van der Waals surface area contributed by atoms with Gasteiger partial charge in [0.2, 0.25) is 5.88 Å². The number of fused-ring (bicyclic) bond motifs is 1. The third-order valence-electron chi connectivity index (χ3n) is 8.80. The minimum Gasteiger partial charge on any atom is -0.472 e. The molecule has 0 bridgehead atoms. The van der Waals surface area contributed by atoms with Crippen molar-refractivity contribution in [2.75, 3.05) is 43.1 Å². The van der Waals surface area contributed by atoms with Gasteiger partial charge >= 0.3 is 12.2 Å². The number of hydrogen-bond acceptors (Lipinski definition) is 10. The van der Waals surface area contributed by atoms with Crippen LogP contribution in [0.1, 0.15) is 49.8 Å². The Hall–Kier alpha value is -4.86. The van der Waals surface area contributed by atoms with Crippen molar-refractivity contribution in [2.45, 2.75) is 71.1 Å². The topological polar surface area (TPSA) is 129 Å². The van der Waals surface area contributed by atoms with Crippen molar-refractivity contribution in [2.24, 2.45) is 0 Å². The summed E-state index contributed by atoms with van der Waals surface area (Å²) in [4.78, 5) is 20.7. The normalized spacial score (nSPS) is 19.6. The fourth-order valence-electron chi connectivity index (χ4n) is 6.64. The molecule has 2 saturated heterocycles. The average molecular weight is 719 g/mol. The third-order valence-corrected chi connectivity index (χ3v) is 8.80. The molecular formula is C35H40F6N8O2. The van der Waals surface area contributed by atoms with Crippen LogP contribution in [0.4, 0.5) is 43.7 Å². The number of nitrogen functional groups attached to an aromatic ring is 2. The second kappa shape index (κ2) is 15.2. The molecule has 3 aromatic heterocycles. The number of aromatic nitrogens is 4. The van der Waals surface area contributed by atoms with E-state index >= 15 is 4.39 Å². The molecule has 51 heavy (non-hydrogen) atoms. The van der Waals surface area contributed by atoms with Crippen LogP contribution in [0.5, 0.6) is 11.9 Å². The molecule has 3 aliphatic heterocycles. The van der Waals surface area contributed by atoms with Crippen LogP contribution in [0.2, 0.25) is 0 Å². The molecule has 1 aromatic carbocycles. The first-order valence-corrected chi connectivity index (χ1v) is 16.4. The van der Waals surface area contributed by atoms with Crippen LogP contribution in [0, 0.1) is 18.6 Å². The zero-order chi connectivity index (χ0) is 37.2. The van der Waals surface area contributed by atoms with Gasteiger partial charge in [-0.1, -0.05) is 12.1 Å².